The SMILES string of the molecule is COc1ccc(F)cc1COC(=O)c1cccc(S(=O)(=O)N(C)C)c1. The lowest BCUT2D eigenvalue weighted by atomic mass is 10.2. The summed E-state index contributed by atoms with van der Waals surface area (Å²) in [5, 5.41) is 0. The fourth-order valence-corrected chi connectivity index (χ4v) is 3.03. The summed E-state index contributed by atoms with van der Waals surface area (Å²) in [7, 11) is 0.563. The number of hydrogen-bond donors (Lipinski definition) is 0. The Hall–Kier alpha value is -2.45. The molecule has 8 heteroatoms. The number of esters is 1. The van der Waals surface area contributed by atoms with Gasteiger partial charge in [-0.1, -0.05) is 6.07 Å². The van der Waals surface area contributed by atoms with E-state index < -0.39 is 21.8 Å². The Morgan fingerprint density at radius 1 is 1.16 bits per heavy atom. The highest BCUT2D eigenvalue weighted by molar-refractivity contribution is 7.89. The fourth-order valence-electron chi connectivity index (χ4n) is 2.08. The number of nitrogens with zero attached hydrogens (tertiary/aromatic N) is 1. The summed E-state index contributed by atoms with van der Waals surface area (Å²) >= 11 is 0. The number of sulfonamides is 1. The Kier molecular flexibility index (Phi) is 5.76. The van der Waals surface area contributed by atoms with Crippen LogP contribution in [0.25, 0.3) is 0 Å². The average molecular weight is 367 g/mol. The number of benzene rings is 2. The van der Waals surface area contributed by atoms with E-state index in [0.29, 0.717) is 11.3 Å². The van der Waals surface area contributed by atoms with E-state index in [-0.39, 0.29) is 17.1 Å². The summed E-state index contributed by atoms with van der Waals surface area (Å²) < 4.78 is 48.9. The zero-order chi connectivity index (χ0) is 18.6. The zero-order valence-electron chi connectivity index (χ0n) is 14.0. The lowest BCUT2D eigenvalue weighted by Gasteiger charge is -2.12. The molecule has 0 amide bonds. The summed E-state index contributed by atoms with van der Waals surface area (Å²) in [6.45, 7) is -0.204. The Bertz CT molecular complexity index is 880. The Morgan fingerprint density at radius 3 is 2.52 bits per heavy atom. The van der Waals surface area contributed by atoms with Crippen LogP contribution < -0.4 is 4.74 Å². The minimum atomic E-state index is -3.66. The van der Waals surface area contributed by atoms with Crippen molar-refractivity contribution in [3.8, 4) is 5.75 Å². The molecule has 2 aromatic carbocycles. The van der Waals surface area contributed by atoms with Crippen molar-refractivity contribution in [2.75, 3.05) is 21.2 Å². The number of methoxy groups -OCH3 is 1. The van der Waals surface area contributed by atoms with Gasteiger partial charge in [-0.2, -0.15) is 0 Å². The summed E-state index contributed by atoms with van der Waals surface area (Å²) in [6.07, 6.45) is 0. The second-order valence-corrected chi connectivity index (χ2v) is 7.50. The van der Waals surface area contributed by atoms with Crippen molar-refractivity contribution >= 4 is 16.0 Å². The topological polar surface area (TPSA) is 72.9 Å². The molecule has 0 aliphatic heterocycles. The molecule has 0 bridgehead atoms. The van der Waals surface area contributed by atoms with E-state index in [1.807, 2.05) is 0 Å². The van der Waals surface area contributed by atoms with Gasteiger partial charge < -0.3 is 9.47 Å². The van der Waals surface area contributed by atoms with Gasteiger partial charge in [-0.25, -0.2) is 21.9 Å². The first-order chi connectivity index (χ1) is 11.8. The van der Waals surface area contributed by atoms with Crippen molar-refractivity contribution < 1.29 is 27.1 Å². The van der Waals surface area contributed by atoms with Gasteiger partial charge in [-0.15, -0.1) is 0 Å². The van der Waals surface area contributed by atoms with Gasteiger partial charge in [0.1, 0.15) is 18.2 Å². The van der Waals surface area contributed by atoms with E-state index in [1.165, 1.54) is 63.7 Å². The summed E-state index contributed by atoms with van der Waals surface area (Å²) in [5.41, 5.74) is 0.450. The van der Waals surface area contributed by atoms with Crippen molar-refractivity contribution in [2.45, 2.75) is 11.5 Å². The van der Waals surface area contributed by atoms with E-state index in [1.54, 1.807) is 0 Å². The lowest BCUT2D eigenvalue weighted by molar-refractivity contribution is 0.0469. The van der Waals surface area contributed by atoms with Crippen LogP contribution in [0, 0.1) is 5.82 Å². The van der Waals surface area contributed by atoms with Crippen LogP contribution in [0.4, 0.5) is 4.39 Å². The third kappa shape index (κ3) is 4.34. The summed E-state index contributed by atoms with van der Waals surface area (Å²) in [5.74, 6) is -0.814. The number of ether oxygens (including phenoxy) is 2. The highest BCUT2D eigenvalue weighted by Gasteiger charge is 2.19. The predicted octanol–water partition coefficient (Wildman–Crippen LogP) is 2.44. The number of carbonyl (C=O) groups excluding carboxylic acids is 1. The number of hydrogen-bond acceptors (Lipinski definition) is 5. The molecule has 0 N–H and O–H groups in total. The molecule has 0 heterocycles. The monoisotopic (exact) mass is 367 g/mol. The minimum absolute atomic E-state index is 0.0183. The van der Waals surface area contributed by atoms with Gasteiger partial charge in [-0.3, -0.25) is 0 Å². The van der Waals surface area contributed by atoms with Crippen molar-refractivity contribution in [3.63, 3.8) is 0 Å². The molecule has 134 valence electrons. The van der Waals surface area contributed by atoms with Gasteiger partial charge in [0, 0.05) is 19.7 Å². The Balaban J connectivity index is 2.19. The molecule has 0 fully saturated rings. The molecule has 0 spiro atoms. The number of halogens is 1. The fraction of sp³-hybridized carbons (Fsp3) is 0.235. The lowest BCUT2D eigenvalue weighted by Crippen LogP contribution is -2.22. The number of carbonyl (C=O) groups is 1. The van der Waals surface area contributed by atoms with Gasteiger partial charge in [0.2, 0.25) is 10.0 Å². The summed E-state index contributed by atoms with van der Waals surface area (Å²) in [6, 6.07) is 9.40. The first kappa shape index (κ1) is 18.9. The first-order valence-electron chi connectivity index (χ1n) is 7.28. The molecule has 0 aliphatic carbocycles. The second kappa shape index (κ2) is 7.62. The molecule has 0 saturated carbocycles. The highest BCUT2D eigenvalue weighted by atomic mass is 32.2. The molecule has 2 aromatic rings. The Morgan fingerprint density at radius 2 is 1.88 bits per heavy atom. The van der Waals surface area contributed by atoms with Crippen LogP contribution in [0.2, 0.25) is 0 Å². The molecule has 0 aliphatic rings. The molecular formula is C17H18FNO5S. The summed E-state index contributed by atoms with van der Waals surface area (Å²) in [4.78, 5) is 12.2. The Labute approximate surface area is 145 Å². The quantitative estimate of drug-likeness (QED) is 0.734. The van der Waals surface area contributed by atoms with Crippen LogP contribution in [-0.2, 0) is 21.4 Å². The number of rotatable bonds is 6. The van der Waals surface area contributed by atoms with Gasteiger partial charge in [0.25, 0.3) is 0 Å². The van der Waals surface area contributed by atoms with Crippen LogP contribution in [0.3, 0.4) is 0 Å². The van der Waals surface area contributed by atoms with E-state index in [2.05, 4.69) is 0 Å². The predicted molar refractivity (Wildman–Crippen MR) is 89.4 cm³/mol. The molecule has 2 rings (SSSR count). The standard InChI is InChI=1S/C17H18FNO5S/c1-19(2)25(21,22)15-6-4-5-12(10-15)17(20)24-11-13-9-14(18)7-8-16(13)23-3/h4-10H,11H2,1-3H3. The first-order valence-corrected chi connectivity index (χ1v) is 8.72. The van der Waals surface area contributed by atoms with Crippen molar-refractivity contribution in [2.24, 2.45) is 0 Å². The van der Waals surface area contributed by atoms with Gasteiger partial charge in [0.15, 0.2) is 0 Å². The third-order valence-corrected chi connectivity index (χ3v) is 5.26. The van der Waals surface area contributed by atoms with E-state index in [0.717, 1.165) is 4.31 Å². The average Bonchev–Trinajstić information content (AvgIpc) is 2.59. The van der Waals surface area contributed by atoms with E-state index >= 15 is 0 Å². The van der Waals surface area contributed by atoms with Gasteiger partial charge in [0.05, 0.1) is 17.6 Å². The van der Waals surface area contributed by atoms with Crippen LogP contribution in [-0.4, -0.2) is 39.9 Å². The zero-order valence-corrected chi connectivity index (χ0v) is 14.8. The third-order valence-electron chi connectivity index (χ3n) is 3.45. The molecule has 25 heavy (non-hydrogen) atoms. The second-order valence-electron chi connectivity index (χ2n) is 5.35. The van der Waals surface area contributed by atoms with Crippen LogP contribution in [0.1, 0.15) is 15.9 Å². The smallest absolute Gasteiger partial charge is 0.338 e. The molecule has 0 unspecified atom stereocenters. The molecule has 0 atom stereocenters. The van der Waals surface area contributed by atoms with Crippen molar-refractivity contribution in [1.29, 1.82) is 0 Å². The maximum atomic E-state index is 13.3. The van der Waals surface area contributed by atoms with E-state index in [4.69, 9.17) is 9.47 Å². The highest BCUT2D eigenvalue weighted by Crippen LogP contribution is 2.21. The van der Waals surface area contributed by atoms with Gasteiger partial charge in [-0.05, 0) is 36.4 Å². The van der Waals surface area contributed by atoms with Crippen molar-refractivity contribution in [3.05, 3.63) is 59.4 Å². The maximum Gasteiger partial charge on any atom is 0.338 e. The molecule has 0 saturated heterocycles. The van der Waals surface area contributed by atoms with E-state index in [9.17, 15) is 17.6 Å². The molecule has 0 aromatic heterocycles. The van der Waals surface area contributed by atoms with Crippen LogP contribution in [0.5, 0.6) is 5.75 Å². The van der Waals surface area contributed by atoms with Crippen LogP contribution in [0.15, 0.2) is 47.4 Å². The largest absolute Gasteiger partial charge is 0.496 e. The minimum Gasteiger partial charge on any atom is -0.496 e. The molecular weight excluding hydrogens is 349 g/mol. The van der Waals surface area contributed by atoms with Crippen molar-refractivity contribution in [1.82, 2.24) is 4.31 Å². The molecule has 0 radical (unpaired) electrons. The maximum absolute atomic E-state index is 13.3. The van der Waals surface area contributed by atoms with Crippen LogP contribution >= 0.6 is 0 Å². The van der Waals surface area contributed by atoms with Gasteiger partial charge >= 0.3 is 5.97 Å². The normalized spacial score (nSPS) is 11.4. The molecule has 6 nitrogen and oxygen atoms in total.